The predicted molar refractivity (Wildman–Crippen MR) is 107 cm³/mol. The van der Waals surface area contributed by atoms with Gasteiger partial charge in [0.2, 0.25) is 0 Å². The zero-order chi connectivity index (χ0) is 18.5. The van der Waals surface area contributed by atoms with Crippen LogP contribution in [0.2, 0.25) is 5.02 Å². The minimum absolute atomic E-state index is 0.284. The highest BCUT2D eigenvalue weighted by Gasteiger charge is 2.31. The molecule has 26 heavy (non-hydrogen) atoms. The molecule has 0 saturated carbocycles. The van der Waals surface area contributed by atoms with Crippen LogP contribution in [-0.4, -0.2) is 36.2 Å². The Hall–Kier alpha value is -1.98. The first-order valence-corrected chi connectivity index (χ1v) is 10.2. The van der Waals surface area contributed by atoms with Gasteiger partial charge in [-0.3, -0.25) is 4.79 Å². The zero-order valence-corrected chi connectivity index (χ0v) is 16.2. The number of piperidine rings is 1. The number of hydrogen-bond donors (Lipinski definition) is 0. The van der Waals surface area contributed by atoms with Gasteiger partial charge in [0, 0.05) is 23.0 Å². The third-order valence-corrected chi connectivity index (χ3v) is 5.46. The van der Waals surface area contributed by atoms with Crippen LogP contribution >= 0.6 is 23.4 Å². The van der Waals surface area contributed by atoms with Gasteiger partial charge in [0.15, 0.2) is 0 Å². The number of imide groups is 1. The van der Waals surface area contributed by atoms with Crippen LogP contribution in [0.15, 0.2) is 53.4 Å². The van der Waals surface area contributed by atoms with Crippen molar-refractivity contribution in [1.29, 1.82) is 0 Å². The average Bonchev–Trinajstić information content (AvgIpc) is 2.68. The van der Waals surface area contributed by atoms with Crippen LogP contribution in [0.3, 0.4) is 0 Å². The average molecular weight is 389 g/mol. The number of hydrogen-bond acceptors (Lipinski definition) is 3. The topological polar surface area (TPSA) is 40.6 Å². The first-order chi connectivity index (χ1) is 12.6. The Morgan fingerprint density at radius 2 is 1.77 bits per heavy atom. The number of carbonyl (C=O) groups is 2. The van der Waals surface area contributed by atoms with Crippen LogP contribution in [-0.2, 0) is 0 Å². The van der Waals surface area contributed by atoms with Crippen molar-refractivity contribution in [2.45, 2.75) is 24.2 Å². The van der Waals surface area contributed by atoms with Crippen LogP contribution in [0.25, 0.3) is 0 Å². The second kappa shape index (κ2) is 8.60. The summed E-state index contributed by atoms with van der Waals surface area (Å²) in [6.45, 7) is 1.35. The molecule has 0 aromatic heterocycles. The van der Waals surface area contributed by atoms with E-state index in [2.05, 4.69) is 0 Å². The first kappa shape index (κ1) is 18.8. The summed E-state index contributed by atoms with van der Waals surface area (Å²) in [6, 6.07) is 13.9. The van der Waals surface area contributed by atoms with Gasteiger partial charge in [-0.2, -0.15) is 0 Å². The van der Waals surface area contributed by atoms with E-state index in [1.165, 1.54) is 16.7 Å². The number of thioether (sulfide) groups is 1. The van der Waals surface area contributed by atoms with Gasteiger partial charge in [0.05, 0.1) is 11.3 Å². The minimum atomic E-state index is -0.326. The maximum absolute atomic E-state index is 13.3. The lowest BCUT2D eigenvalue weighted by molar-refractivity contribution is 0.0981. The minimum Gasteiger partial charge on any atom is -0.324 e. The highest BCUT2D eigenvalue weighted by atomic mass is 35.5. The van der Waals surface area contributed by atoms with Crippen LogP contribution in [0.1, 0.15) is 29.6 Å². The molecule has 3 amide bonds. The van der Waals surface area contributed by atoms with Crippen molar-refractivity contribution < 1.29 is 9.59 Å². The lowest BCUT2D eigenvalue weighted by Crippen LogP contribution is -2.48. The predicted octanol–water partition coefficient (Wildman–Crippen LogP) is 5.31. The Kier molecular flexibility index (Phi) is 6.22. The smallest absolute Gasteiger partial charge is 0.324 e. The van der Waals surface area contributed by atoms with Crippen molar-refractivity contribution in [1.82, 2.24) is 4.90 Å². The molecule has 0 unspecified atom stereocenters. The highest BCUT2D eigenvalue weighted by Crippen LogP contribution is 2.27. The lowest BCUT2D eigenvalue weighted by Gasteiger charge is -2.32. The Bertz CT molecular complexity index is 806. The largest absolute Gasteiger partial charge is 0.331 e. The van der Waals surface area contributed by atoms with Crippen LogP contribution in [0.4, 0.5) is 10.5 Å². The molecule has 0 radical (unpaired) electrons. The summed E-state index contributed by atoms with van der Waals surface area (Å²) in [7, 11) is 0. The van der Waals surface area contributed by atoms with Crippen LogP contribution < -0.4 is 4.90 Å². The molecule has 0 bridgehead atoms. The van der Waals surface area contributed by atoms with E-state index in [9.17, 15) is 9.59 Å². The Morgan fingerprint density at radius 1 is 1.04 bits per heavy atom. The Balaban J connectivity index is 2.02. The monoisotopic (exact) mass is 388 g/mol. The van der Waals surface area contributed by atoms with Crippen molar-refractivity contribution in [3.05, 3.63) is 59.1 Å². The number of benzene rings is 2. The van der Waals surface area contributed by atoms with Gasteiger partial charge in [0.25, 0.3) is 5.91 Å². The molecular formula is C20H21ClN2O2S. The summed E-state index contributed by atoms with van der Waals surface area (Å²) >= 11 is 7.61. The maximum atomic E-state index is 13.3. The van der Waals surface area contributed by atoms with Gasteiger partial charge in [-0.15, -0.1) is 11.8 Å². The molecule has 136 valence electrons. The Labute approximate surface area is 163 Å². The quantitative estimate of drug-likeness (QED) is 0.668. The van der Waals surface area contributed by atoms with Gasteiger partial charge in [0.1, 0.15) is 0 Å². The summed E-state index contributed by atoms with van der Waals surface area (Å²) in [5.74, 6) is -0.326. The summed E-state index contributed by atoms with van der Waals surface area (Å²) in [5.41, 5.74) is 1.01. The second-order valence-electron chi connectivity index (χ2n) is 6.15. The molecule has 0 N–H and O–H groups in total. The number of carbonyl (C=O) groups excluding carboxylic acids is 2. The van der Waals surface area contributed by atoms with Gasteiger partial charge >= 0.3 is 6.03 Å². The summed E-state index contributed by atoms with van der Waals surface area (Å²) in [6.07, 6.45) is 4.96. The fourth-order valence-corrected chi connectivity index (χ4v) is 3.87. The molecule has 0 aliphatic carbocycles. The summed E-state index contributed by atoms with van der Waals surface area (Å²) < 4.78 is 0. The number of rotatable bonds is 3. The molecule has 3 rings (SSSR count). The fourth-order valence-electron chi connectivity index (χ4n) is 3.10. The normalized spacial score (nSPS) is 14.2. The molecule has 1 aliphatic rings. The number of anilines is 1. The van der Waals surface area contributed by atoms with E-state index in [-0.39, 0.29) is 11.9 Å². The van der Waals surface area contributed by atoms with Gasteiger partial charge in [-0.1, -0.05) is 29.8 Å². The number of likely N-dealkylation sites (tertiary alicyclic amines) is 1. The fraction of sp³-hybridized carbons (Fsp3) is 0.300. The lowest BCUT2D eigenvalue weighted by atomic mass is 10.1. The van der Waals surface area contributed by atoms with E-state index in [0.717, 1.165) is 24.2 Å². The van der Waals surface area contributed by atoms with Gasteiger partial charge < -0.3 is 4.90 Å². The first-order valence-electron chi connectivity index (χ1n) is 8.64. The number of urea groups is 1. The molecule has 1 saturated heterocycles. The molecular weight excluding hydrogens is 368 g/mol. The van der Waals surface area contributed by atoms with Gasteiger partial charge in [-0.05, 0) is 55.9 Å². The van der Waals surface area contributed by atoms with Crippen molar-refractivity contribution in [3.8, 4) is 0 Å². The third kappa shape index (κ3) is 4.05. The molecule has 1 aliphatic heterocycles. The number of amides is 3. The molecule has 0 atom stereocenters. The molecule has 4 nitrogen and oxygen atoms in total. The highest BCUT2D eigenvalue weighted by molar-refractivity contribution is 7.98. The van der Waals surface area contributed by atoms with Crippen molar-refractivity contribution in [2.24, 2.45) is 0 Å². The maximum Gasteiger partial charge on any atom is 0.331 e. The second-order valence-corrected chi connectivity index (χ2v) is 7.44. The van der Waals surface area contributed by atoms with Crippen molar-refractivity contribution in [2.75, 3.05) is 24.2 Å². The molecule has 1 fully saturated rings. The van der Waals surface area contributed by atoms with E-state index >= 15 is 0 Å². The summed E-state index contributed by atoms with van der Waals surface area (Å²) in [5, 5.41) is 0.491. The Morgan fingerprint density at radius 3 is 2.46 bits per heavy atom. The number of nitrogens with zero attached hydrogens (tertiary/aromatic N) is 2. The van der Waals surface area contributed by atoms with E-state index in [1.54, 1.807) is 35.2 Å². The molecule has 2 aromatic carbocycles. The van der Waals surface area contributed by atoms with E-state index in [4.69, 9.17) is 11.6 Å². The standard InChI is InChI=1S/C20H21ClN2O2S/c1-26-18-11-4-3-10-17(18)19(24)23(16-9-7-8-15(21)14-16)20(25)22-12-5-2-6-13-22/h3-4,7-11,14H,2,5-6,12-13H2,1H3. The third-order valence-electron chi connectivity index (χ3n) is 4.42. The van der Waals surface area contributed by atoms with Gasteiger partial charge in [-0.25, -0.2) is 9.69 Å². The van der Waals surface area contributed by atoms with E-state index < -0.39 is 0 Å². The molecule has 1 heterocycles. The summed E-state index contributed by atoms with van der Waals surface area (Å²) in [4.78, 5) is 30.4. The van der Waals surface area contributed by atoms with Crippen molar-refractivity contribution >= 4 is 41.0 Å². The van der Waals surface area contributed by atoms with Crippen LogP contribution in [0, 0.1) is 0 Å². The van der Waals surface area contributed by atoms with Crippen LogP contribution in [0.5, 0.6) is 0 Å². The number of halogens is 1. The molecule has 6 heteroatoms. The molecule has 0 spiro atoms. The van der Waals surface area contributed by atoms with E-state index in [1.807, 2.05) is 24.5 Å². The molecule has 2 aromatic rings. The van der Waals surface area contributed by atoms with E-state index in [0.29, 0.717) is 29.4 Å². The zero-order valence-electron chi connectivity index (χ0n) is 14.7. The van der Waals surface area contributed by atoms with Crippen molar-refractivity contribution in [3.63, 3.8) is 0 Å². The SMILES string of the molecule is CSc1ccccc1C(=O)N(C(=O)N1CCCCC1)c1cccc(Cl)c1.